The highest BCUT2D eigenvalue weighted by molar-refractivity contribution is 5.67. The Labute approximate surface area is 167 Å². The van der Waals surface area contributed by atoms with Gasteiger partial charge in [0.25, 0.3) is 0 Å². The molecule has 0 aromatic heterocycles. The Morgan fingerprint density at radius 1 is 1.07 bits per heavy atom. The summed E-state index contributed by atoms with van der Waals surface area (Å²) in [5, 5.41) is 11.6. The first-order chi connectivity index (χ1) is 13.1. The van der Waals surface area contributed by atoms with Gasteiger partial charge in [-0.2, -0.15) is 0 Å². The first kappa shape index (κ1) is 21.3. The van der Waals surface area contributed by atoms with Crippen LogP contribution in [0.15, 0.2) is 61.7 Å². The molecule has 1 atom stereocenters. The van der Waals surface area contributed by atoms with Crippen LogP contribution in [0.4, 0.5) is 4.79 Å². The average molecular weight is 380 g/mol. The zero-order valence-electron chi connectivity index (χ0n) is 17.1. The largest absolute Gasteiger partial charge is 0.487 e. The number of carboxylic acid groups (broad SMARTS) is 1. The van der Waals surface area contributed by atoms with E-state index in [9.17, 15) is 4.79 Å². The highest BCUT2D eigenvalue weighted by atomic mass is 16.5. The van der Waals surface area contributed by atoms with Crippen molar-refractivity contribution in [2.24, 2.45) is 0 Å². The van der Waals surface area contributed by atoms with Crippen LogP contribution in [0.25, 0.3) is 11.1 Å². The SMILES string of the molecule is C=C(C)c1ccc(C(C)(C)C(CNC(=O)O)Oc2ccccc2C(=C)C)cc1. The van der Waals surface area contributed by atoms with E-state index < -0.39 is 17.6 Å². The number of para-hydroxylation sites is 1. The lowest BCUT2D eigenvalue weighted by Gasteiger charge is -2.35. The van der Waals surface area contributed by atoms with Crippen molar-refractivity contribution in [1.82, 2.24) is 5.32 Å². The molecule has 0 spiro atoms. The lowest BCUT2D eigenvalue weighted by Crippen LogP contribution is -2.46. The van der Waals surface area contributed by atoms with Crippen molar-refractivity contribution in [3.8, 4) is 5.75 Å². The van der Waals surface area contributed by atoms with Crippen molar-refractivity contribution in [2.45, 2.75) is 39.2 Å². The summed E-state index contributed by atoms with van der Waals surface area (Å²) < 4.78 is 6.35. The maximum atomic E-state index is 11.1. The van der Waals surface area contributed by atoms with E-state index in [0.29, 0.717) is 5.75 Å². The van der Waals surface area contributed by atoms with Gasteiger partial charge < -0.3 is 15.2 Å². The number of allylic oxidation sites excluding steroid dienone is 2. The van der Waals surface area contributed by atoms with Crippen LogP contribution in [0, 0.1) is 0 Å². The summed E-state index contributed by atoms with van der Waals surface area (Å²) in [4.78, 5) is 11.1. The third-order valence-electron chi connectivity index (χ3n) is 4.98. The predicted molar refractivity (Wildman–Crippen MR) is 116 cm³/mol. The molecule has 148 valence electrons. The normalized spacial score (nSPS) is 12.1. The molecule has 0 bridgehead atoms. The fraction of sp³-hybridized carbons (Fsp3) is 0.292. The number of amides is 1. The minimum atomic E-state index is -1.07. The third-order valence-corrected chi connectivity index (χ3v) is 4.98. The fourth-order valence-electron chi connectivity index (χ4n) is 3.07. The quantitative estimate of drug-likeness (QED) is 0.614. The summed E-state index contributed by atoms with van der Waals surface area (Å²) in [5.41, 5.74) is 4.49. The van der Waals surface area contributed by atoms with Gasteiger partial charge in [-0.3, -0.25) is 0 Å². The molecular weight excluding hydrogens is 350 g/mol. The predicted octanol–water partition coefficient (Wildman–Crippen LogP) is 5.75. The lowest BCUT2D eigenvalue weighted by atomic mass is 9.78. The molecule has 4 nitrogen and oxygen atoms in total. The Kier molecular flexibility index (Phi) is 6.68. The summed E-state index contributed by atoms with van der Waals surface area (Å²) in [6.45, 7) is 16.2. The molecule has 0 heterocycles. The van der Waals surface area contributed by atoms with Crippen LogP contribution in [0.3, 0.4) is 0 Å². The van der Waals surface area contributed by atoms with Crippen LogP contribution in [0.5, 0.6) is 5.75 Å². The van der Waals surface area contributed by atoms with Gasteiger partial charge in [-0.15, -0.1) is 0 Å². The van der Waals surface area contributed by atoms with Gasteiger partial charge in [-0.1, -0.05) is 75.0 Å². The highest BCUT2D eigenvalue weighted by Crippen LogP contribution is 2.33. The molecule has 2 rings (SSSR count). The molecule has 1 unspecified atom stereocenters. The van der Waals surface area contributed by atoms with Gasteiger partial charge in [0.15, 0.2) is 0 Å². The smallest absolute Gasteiger partial charge is 0.404 e. The molecule has 1 amide bonds. The second-order valence-corrected chi connectivity index (χ2v) is 7.65. The van der Waals surface area contributed by atoms with Gasteiger partial charge in [0.05, 0.1) is 6.54 Å². The van der Waals surface area contributed by atoms with E-state index >= 15 is 0 Å². The standard InChI is InChI=1S/C24H29NO3/c1-16(2)18-11-13-19(14-12-18)24(5,6)22(15-25-23(26)27)28-21-10-8-7-9-20(21)17(3)4/h7-14,22,25H,1,3,15H2,2,4-6H3,(H,26,27). The van der Waals surface area contributed by atoms with Crippen LogP contribution >= 0.6 is 0 Å². The van der Waals surface area contributed by atoms with Crippen molar-refractivity contribution < 1.29 is 14.6 Å². The van der Waals surface area contributed by atoms with Crippen molar-refractivity contribution in [1.29, 1.82) is 0 Å². The molecule has 4 heteroatoms. The van der Waals surface area contributed by atoms with E-state index in [1.165, 1.54) is 0 Å². The van der Waals surface area contributed by atoms with Gasteiger partial charge >= 0.3 is 6.09 Å². The maximum absolute atomic E-state index is 11.1. The molecular formula is C24H29NO3. The number of ether oxygens (including phenoxy) is 1. The Morgan fingerprint density at radius 2 is 1.68 bits per heavy atom. The molecule has 2 N–H and O–H groups in total. The van der Waals surface area contributed by atoms with Crippen molar-refractivity contribution in [3.63, 3.8) is 0 Å². The van der Waals surface area contributed by atoms with Gasteiger partial charge in [-0.05, 0) is 36.6 Å². The molecule has 28 heavy (non-hydrogen) atoms. The molecule has 0 aliphatic heterocycles. The van der Waals surface area contributed by atoms with E-state index in [2.05, 4.69) is 32.3 Å². The van der Waals surface area contributed by atoms with Crippen molar-refractivity contribution in [3.05, 3.63) is 78.4 Å². The van der Waals surface area contributed by atoms with Crippen molar-refractivity contribution >= 4 is 17.2 Å². The van der Waals surface area contributed by atoms with E-state index in [-0.39, 0.29) is 6.54 Å². The number of hydrogen-bond donors (Lipinski definition) is 2. The van der Waals surface area contributed by atoms with Crippen LogP contribution in [0.1, 0.15) is 44.4 Å². The summed E-state index contributed by atoms with van der Waals surface area (Å²) in [6, 6.07) is 15.8. The second-order valence-electron chi connectivity index (χ2n) is 7.65. The minimum absolute atomic E-state index is 0.162. The van der Waals surface area contributed by atoms with Crippen LogP contribution in [-0.2, 0) is 5.41 Å². The van der Waals surface area contributed by atoms with E-state index in [0.717, 1.165) is 27.8 Å². The molecule has 0 saturated heterocycles. The second kappa shape index (κ2) is 8.79. The zero-order chi connectivity index (χ0) is 20.9. The van der Waals surface area contributed by atoms with Crippen molar-refractivity contribution in [2.75, 3.05) is 6.54 Å². The summed E-state index contributed by atoms with van der Waals surface area (Å²) in [5.74, 6) is 0.693. The summed E-state index contributed by atoms with van der Waals surface area (Å²) in [7, 11) is 0. The number of benzene rings is 2. The minimum Gasteiger partial charge on any atom is -0.487 e. The third kappa shape index (κ3) is 5.03. The van der Waals surface area contributed by atoms with Gasteiger partial charge in [0, 0.05) is 11.0 Å². The Hall–Kier alpha value is -3.01. The summed E-state index contributed by atoms with van der Waals surface area (Å²) in [6.07, 6.45) is -1.49. The molecule has 0 aliphatic carbocycles. The monoisotopic (exact) mass is 379 g/mol. The first-order valence-corrected chi connectivity index (χ1v) is 9.27. The molecule has 0 radical (unpaired) electrons. The molecule has 0 saturated carbocycles. The Morgan fingerprint density at radius 3 is 2.21 bits per heavy atom. The summed E-state index contributed by atoms with van der Waals surface area (Å²) >= 11 is 0. The maximum Gasteiger partial charge on any atom is 0.404 e. The molecule has 2 aromatic rings. The topological polar surface area (TPSA) is 58.6 Å². The van der Waals surface area contributed by atoms with E-state index in [4.69, 9.17) is 9.84 Å². The number of carbonyl (C=O) groups is 1. The van der Waals surface area contributed by atoms with Crippen LogP contribution in [0.2, 0.25) is 0 Å². The first-order valence-electron chi connectivity index (χ1n) is 9.27. The average Bonchev–Trinajstić information content (AvgIpc) is 2.65. The van der Waals surface area contributed by atoms with Gasteiger partial charge in [-0.25, -0.2) is 4.79 Å². The lowest BCUT2D eigenvalue weighted by molar-refractivity contribution is 0.119. The molecule has 0 aliphatic rings. The Balaban J connectivity index is 2.39. The van der Waals surface area contributed by atoms with Gasteiger partial charge in [0.1, 0.15) is 11.9 Å². The molecule has 0 fully saturated rings. The van der Waals surface area contributed by atoms with E-state index in [1.807, 2.05) is 62.4 Å². The number of nitrogens with one attached hydrogen (secondary N) is 1. The Bertz CT molecular complexity index is 866. The highest BCUT2D eigenvalue weighted by Gasteiger charge is 2.34. The van der Waals surface area contributed by atoms with E-state index in [1.54, 1.807) is 0 Å². The van der Waals surface area contributed by atoms with Gasteiger partial charge in [0.2, 0.25) is 0 Å². The zero-order valence-corrected chi connectivity index (χ0v) is 17.1. The number of rotatable bonds is 8. The number of hydrogen-bond acceptors (Lipinski definition) is 2. The molecule has 2 aromatic carbocycles. The van der Waals surface area contributed by atoms with Crippen LogP contribution in [-0.4, -0.2) is 23.8 Å². The van der Waals surface area contributed by atoms with Crippen LogP contribution < -0.4 is 10.1 Å². The fourth-order valence-corrected chi connectivity index (χ4v) is 3.07.